The van der Waals surface area contributed by atoms with Crippen molar-refractivity contribution in [3.63, 3.8) is 0 Å². The predicted octanol–water partition coefficient (Wildman–Crippen LogP) is 3.22. The third-order valence-electron chi connectivity index (χ3n) is 5.40. The second-order valence-electron chi connectivity index (χ2n) is 7.23. The van der Waals surface area contributed by atoms with E-state index in [1.54, 1.807) is 0 Å². The summed E-state index contributed by atoms with van der Waals surface area (Å²) in [6.07, 6.45) is 3.71. The predicted molar refractivity (Wildman–Crippen MR) is 115 cm³/mol. The standard InChI is InChI=1S/C22H25N7O/c1-4-8-20-15(3)28(5-2)22(30)29(20)14-17-12-11-16(13-23-17)18-9-6-7-10-19(18)21-24-26-27-25-21/h6-7,9-13H,4-5,8,14H2,1-3H3,(H,24,25,26,27). The van der Waals surface area contributed by atoms with Crippen molar-refractivity contribution in [1.82, 2.24) is 34.7 Å². The third-order valence-corrected chi connectivity index (χ3v) is 5.40. The number of hydrogen-bond acceptors (Lipinski definition) is 5. The molecule has 0 spiro atoms. The van der Waals surface area contributed by atoms with Crippen molar-refractivity contribution in [1.29, 1.82) is 0 Å². The molecule has 4 rings (SSSR count). The minimum absolute atomic E-state index is 0.0347. The summed E-state index contributed by atoms with van der Waals surface area (Å²) in [5.41, 5.74) is 5.90. The maximum Gasteiger partial charge on any atom is 0.328 e. The molecule has 4 aromatic rings. The van der Waals surface area contributed by atoms with E-state index >= 15 is 0 Å². The van der Waals surface area contributed by atoms with E-state index in [1.807, 2.05) is 65.6 Å². The number of hydrogen-bond donors (Lipinski definition) is 1. The summed E-state index contributed by atoms with van der Waals surface area (Å²) in [6.45, 7) is 7.30. The van der Waals surface area contributed by atoms with E-state index in [9.17, 15) is 4.79 Å². The van der Waals surface area contributed by atoms with Crippen LogP contribution >= 0.6 is 0 Å². The molecule has 154 valence electrons. The van der Waals surface area contributed by atoms with Crippen molar-refractivity contribution in [3.05, 3.63) is 70.2 Å². The lowest BCUT2D eigenvalue weighted by molar-refractivity contribution is 0.643. The van der Waals surface area contributed by atoms with Crippen LogP contribution in [0.1, 0.15) is 37.4 Å². The van der Waals surface area contributed by atoms with Gasteiger partial charge in [-0.25, -0.2) is 9.89 Å². The third kappa shape index (κ3) is 3.56. The van der Waals surface area contributed by atoms with Crippen LogP contribution in [0.5, 0.6) is 0 Å². The van der Waals surface area contributed by atoms with Crippen molar-refractivity contribution in [2.75, 3.05) is 0 Å². The zero-order chi connectivity index (χ0) is 21.1. The van der Waals surface area contributed by atoms with Gasteiger partial charge in [-0.05, 0) is 42.3 Å². The molecular weight excluding hydrogens is 378 g/mol. The molecule has 30 heavy (non-hydrogen) atoms. The molecule has 0 aliphatic rings. The summed E-state index contributed by atoms with van der Waals surface area (Å²) >= 11 is 0. The number of benzene rings is 1. The van der Waals surface area contributed by atoms with Crippen LogP contribution in [0.3, 0.4) is 0 Å². The normalized spacial score (nSPS) is 11.2. The van der Waals surface area contributed by atoms with Gasteiger partial charge in [0.15, 0.2) is 5.82 Å². The average molecular weight is 403 g/mol. The monoisotopic (exact) mass is 403 g/mol. The van der Waals surface area contributed by atoms with E-state index in [1.165, 1.54) is 0 Å². The van der Waals surface area contributed by atoms with E-state index in [0.29, 0.717) is 18.9 Å². The summed E-state index contributed by atoms with van der Waals surface area (Å²) in [5.74, 6) is 0.613. The van der Waals surface area contributed by atoms with Gasteiger partial charge in [-0.2, -0.15) is 0 Å². The number of aromatic nitrogens is 7. The van der Waals surface area contributed by atoms with Crippen LogP contribution < -0.4 is 5.69 Å². The van der Waals surface area contributed by atoms with Crippen LogP contribution in [-0.2, 0) is 19.5 Å². The fourth-order valence-electron chi connectivity index (χ4n) is 3.90. The van der Waals surface area contributed by atoms with Gasteiger partial charge in [-0.1, -0.05) is 43.7 Å². The fraction of sp³-hybridized carbons (Fsp3) is 0.318. The van der Waals surface area contributed by atoms with Crippen LogP contribution in [0.15, 0.2) is 47.4 Å². The molecule has 0 aliphatic heterocycles. The van der Waals surface area contributed by atoms with Crippen LogP contribution in [0.25, 0.3) is 22.5 Å². The van der Waals surface area contributed by atoms with E-state index in [2.05, 4.69) is 32.5 Å². The lowest BCUT2D eigenvalue weighted by atomic mass is 10.0. The second-order valence-corrected chi connectivity index (χ2v) is 7.23. The number of tetrazole rings is 1. The Kier molecular flexibility index (Phi) is 5.56. The lowest BCUT2D eigenvalue weighted by Gasteiger charge is -2.09. The number of pyridine rings is 1. The highest BCUT2D eigenvalue weighted by Crippen LogP contribution is 2.29. The Morgan fingerprint density at radius 3 is 2.47 bits per heavy atom. The fourth-order valence-corrected chi connectivity index (χ4v) is 3.90. The van der Waals surface area contributed by atoms with Crippen molar-refractivity contribution < 1.29 is 0 Å². The smallest absolute Gasteiger partial charge is 0.297 e. The first-order valence-corrected chi connectivity index (χ1v) is 10.2. The Balaban J connectivity index is 1.66. The van der Waals surface area contributed by atoms with E-state index < -0.39 is 0 Å². The molecule has 0 amide bonds. The molecular formula is C22H25N7O. The van der Waals surface area contributed by atoms with Gasteiger partial charge in [-0.3, -0.25) is 14.1 Å². The molecule has 0 bridgehead atoms. The quantitative estimate of drug-likeness (QED) is 0.511. The molecule has 0 aliphatic carbocycles. The number of nitrogens with one attached hydrogen (secondary N) is 1. The van der Waals surface area contributed by atoms with Gasteiger partial charge in [0.25, 0.3) is 0 Å². The SMILES string of the molecule is CCCc1c(C)n(CC)c(=O)n1Cc1ccc(-c2ccccc2-c2nnn[nH]2)cn1. The Hall–Kier alpha value is -3.55. The minimum atomic E-state index is 0.0347. The molecule has 0 saturated heterocycles. The largest absolute Gasteiger partial charge is 0.328 e. The van der Waals surface area contributed by atoms with Crippen molar-refractivity contribution >= 4 is 0 Å². The van der Waals surface area contributed by atoms with Crippen LogP contribution in [0.4, 0.5) is 0 Å². The topological polar surface area (TPSA) is 94.3 Å². The molecule has 0 saturated carbocycles. The number of H-pyrrole nitrogens is 1. The molecule has 0 fully saturated rings. The van der Waals surface area contributed by atoms with Crippen LogP contribution in [-0.4, -0.2) is 34.7 Å². The van der Waals surface area contributed by atoms with Gasteiger partial charge in [0.1, 0.15) is 0 Å². The van der Waals surface area contributed by atoms with Crippen molar-refractivity contribution in [3.8, 4) is 22.5 Å². The number of nitrogens with zero attached hydrogens (tertiary/aromatic N) is 6. The van der Waals surface area contributed by atoms with Crippen molar-refractivity contribution in [2.24, 2.45) is 0 Å². The summed E-state index contributed by atoms with van der Waals surface area (Å²) in [5, 5.41) is 14.2. The molecule has 3 aromatic heterocycles. The Labute approximate surface area is 174 Å². The molecule has 0 unspecified atom stereocenters. The highest BCUT2D eigenvalue weighted by Gasteiger charge is 2.16. The average Bonchev–Trinajstić information content (AvgIpc) is 3.38. The molecule has 1 N–H and O–H groups in total. The summed E-state index contributed by atoms with van der Waals surface area (Å²) in [4.78, 5) is 17.5. The molecule has 0 radical (unpaired) electrons. The Morgan fingerprint density at radius 1 is 1.03 bits per heavy atom. The second kappa shape index (κ2) is 8.44. The number of rotatable bonds is 7. The maximum absolute atomic E-state index is 12.9. The van der Waals surface area contributed by atoms with Gasteiger partial charge in [-0.15, -0.1) is 5.10 Å². The van der Waals surface area contributed by atoms with Gasteiger partial charge in [0, 0.05) is 35.3 Å². The first-order chi connectivity index (χ1) is 14.6. The van der Waals surface area contributed by atoms with E-state index in [0.717, 1.165) is 46.6 Å². The summed E-state index contributed by atoms with van der Waals surface area (Å²) in [6, 6.07) is 11.9. The van der Waals surface area contributed by atoms with E-state index in [-0.39, 0.29) is 5.69 Å². The Morgan fingerprint density at radius 2 is 1.83 bits per heavy atom. The van der Waals surface area contributed by atoms with Gasteiger partial charge in [0.2, 0.25) is 0 Å². The summed E-state index contributed by atoms with van der Waals surface area (Å²) in [7, 11) is 0. The van der Waals surface area contributed by atoms with Gasteiger partial charge in [0.05, 0.1) is 12.2 Å². The lowest BCUT2D eigenvalue weighted by Crippen LogP contribution is -2.25. The van der Waals surface area contributed by atoms with Crippen LogP contribution in [0.2, 0.25) is 0 Å². The minimum Gasteiger partial charge on any atom is -0.297 e. The molecule has 0 atom stereocenters. The Bertz CT molecular complexity index is 1190. The summed E-state index contributed by atoms with van der Waals surface area (Å²) < 4.78 is 3.69. The van der Waals surface area contributed by atoms with Gasteiger partial charge >= 0.3 is 5.69 Å². The molecule has 8 nitrogen and oxygen atoms in total. The highest BCUT2D eigenvalue weighted by atomic mass is 16.1. The highest BCUT2D eigenvalue weighted by molar-refractivity contribution is 5.79. The first kappa shape index (κ1) is 19.8. The van der Waals surface area contributed by atoms with Gasteiger partial charge < -0.3 is 0 Å². The molecule has 1 aromatic carbocycles. The number of aromatic amines is 1. The molecule has 8 heteroatoms. The zero-order valence-electron chi connectivity index (χ0n) is 17.5. The van der Waals surface area contributed by atoms with Crippen molar-refractivity contribution in [2.45, 2.75) is 46.7 Å². The molecule has 3 heterocycles. The maximum atomic E-state index is 12.9. The first-order valence-electron chi connectivity index (χ1n) is 10.2. The van der Waals surface area contributed by atoms with E-state index in [4.69, 9.17) is 0 Å². The number of imidazole rings is 1. The zero-order valence-corrected chi connectivity index (χ0v) is 17.5. The van der Waals surface area contributed by atoms with Crippen LogP contribution in [0, 0.1) is 6.92 Å².